The standard InChI is InChI=1S/C21H24INO3/c1-5-26-20(25)17-12(2)23-15-10-21(3,4)11-16(24)19(15)18(17)13-6-8-14(22)9-7-13/h6-9,18,23H,5,10-11H2,1-4H3. The van der Waals surface area contributed by atoms with E-state index in [2.05, 4.69) is 41.8 Å². The zero-order chi connectivity index (χ0) is 19.1. The molecule has 5 heteroatoms. The first kappa shape index (κ1) is 19.1. The van der Waals surface area contributed by atoms with E-state index in [9.17, 15) is 9.59 Å². The lowest BCUT2D eigenvalue weighted by molar-refractivity contribution is -0.138. The number of Topliss-reactive ketones (excluding diaryl/α,β-unsaturated/α-hetero) is 1. The third kappa shape index (κ3) is 3.59. The van der Waals surface area contributed by atoms with Crippen molar-refractivity contribution in [1.29, 1.82) is 0 Å². The molecule has 138 valence electrons. The summed E-state index contributed by atoms with van der Waals surface area (Å²) in [5.41, 5.74) is 3.85. The molecule has 0 radical (unpaired) electrons. The minimum absolute atomic E-state index is 0.0821. The molecule has 1 aromatic carbocycles. The number of halogens is 1. The number of hydrogen-bond acceptors (Lipinski definition) is 4. The number of nitrogens with one attached hydrogen (secondary N) is 1. The van der Waals surface area contributed by atoms with E-state index in [0.717, 1.165) is 32.5 Å². The summed E-state index contributed by atoms with van der Waals surface area (Å²) in [6, 6.07) is 8.02. The van der Waals surface area contributed by atoms with Crippen molar-refractivity contribution < 1.29 is 14.3 Å². The van der Waals surface area contributed by atoms with Crippen LogP contribution in [0.25, 0.3) is 0 Å². The molecule has 1 N–H and O–H groups in total. The second-order valence-corrected chi connectivity index (χ2v) is 8.95. The molecule has 26 heavy (non-hydrogen) atoms. The van der Waals surface area contributed by atoms with E-state index in [1.165, 1.54) is 0 Å². The van der Waals surface area contributed by atoms with Gasteiger partial charge in [0.05, 0.1) is 12.2 Å². The van der Waals surface area contributed by atoms with Crippen LogP contribution in [0, 0.1) is 8.99 Å². The fraction of sp³-hybridized carbons (Fsp3) is 0.429. The highest BCUT2D eigenvalue weighted by molar-refractivity contribution is 14.1. The zero-order valence-electron chi connectivity index (χ0n) is 15.6. The van der Waals surface area contributed by atoms with E-state index in [-0.39, 0.29) is 23.1 Å². The molecule has 0 aromatic heterocycles. The molecule has 1 atom stereocenters. The van der Waals surface area contributed by atoms with Gasteiger partial charge in [0.2, 0.25) is 0 Å². The molecular formula is C21H24INO3. The maximum absolute atomic E-state index is 13.1. The van der Waals surface area contributed by atoms with Crippen molar-refractivity contribution in [2.75, 3.05) is 6.61 Å². The van der Waals surface area contributed by atoms with Crippen LogP contribution < -0.4 is 5.32 Å². The highest BCUT2D eigenvalue weighted by Gasteiger charge is 2.43. The molecule has 1 aromatic rings. The van der Waals surface area contributed by atoms with Gasteiger partial charge in [-0.3, -0.25) is 4.79 Å². The Morgan fingerprint density at radius 1 is 1.27 bits per heavy atom. The van der Waals surface area contributed by atoms with Crippen LogP contribution in [0.3, 0.4) is 0 Å². The summed E-state index contributed by atoms with van der Waals surface area (Å²) >= 11 is 2.25. The Labute approximate surface area is 168 Å². The van der Waals surface area contributed by atoms with E-state index < -0.39 is 0 Å². The average molecular weight is 465 g/mol. The van der Waals surface area contributed by atoms with Gasteiger partial charge in [-0.25, -0.2) is 4.79 Å². The predicted molar refractivity (Wildman–Crippen MR) is 109 cm³/mol. The molecule has 0 amide bonds. The fourth-order valence-electron chi connectivity index (χ4n) is 3.90. The van der Waals surface area contributed by atoms with Gasteiger partial charge in [0.25, 0.3) is 0 Å². The molecular weight excluding hydrogens is 441 g/mol. The minimum atomic E-state index is -0.370. The Morgan fingerprint density at radius 2 is 1.92 bits per heavy atom. The molecule has 0 saturated carbocycles. The molecule has 1 unspecified atom stereocenters. The van der Waals surface area contributed by atoms with Crippen LogP contribution in [0.2, 0.25) is 0 Å². The van der Waals surface area contributed by atoms with E-state index in [4.69, 9.17) is 4.74 Å². The maximum atomic E-state index is 13.1. The summed E-state index contributed by atoms with van der Waals surface area (Å²) in [6.07, 6.45) is 1.28. The van der Waals surface area contributed by atoms with Gasteiger partial charge >= 0.3 is 5.97 Å². The number of carbonyl (C=O) groups is 2. The van der Waals surface area contributed by atoms with Crippen molar-refractivity contribution >= 4 is 34.3 Å². The Morgan fingerprint density at radius 3 is 2.54 bits per heavy atom. The van der Waals surface area contributed by atoms with E-state index >= 15 is 0 Å². The lowest BCUT2D eigenvalue weighted by Crippen LogP contribution is -2.38. The molecule has 1 aliphatic carbocycles. The highest BCUT2D eigenvalue weighted by atomic mass is 127. The molecule has 1 aliphatic heterocycles. The van der Waals surface area contributed by atoms with Crippen LogP contribution >= 0.6 is 22.6 Å². The van der Waals surface area contributed by atoms with Crippen molar-refractivity contribution in [2.24, 2.45) is 5.41 Å². The molecule has 2 aliphatic rings. The van der Waals surface area contributed by atoms with Gasteiger partial charge < -0.3 is 10.1 Å². The molecule has 0 bridgehead atoms. The number of ether oxygens (including phenoxy) is 1. The molecule has 0 saturated heterocycles. The van der Waals surface area contributed by atoms with Crippen molar-refractivity contribution in [3.05, 3.63) is 55.9 Å². The lowest BCUT2D eigenvalue weighted by atomic mass is 9.68. The summed E-state index contributed by atoms with van der Waals surface area (Å²) in [4.78, 5) is 25.8. The summed E-state index contributed by atoms with van der Waals surface area (Å²) in [5, 5.41) is 3.34. The van der Waals surface area contributed by atoms with Crippen molar-refractivity contribution in [3.63, 3.8) is 0 Å². The largest absolute Gasteiger partial charge is 0.463 e. The zero-order valence-corrected chi connectivity index (χ0v) is 17.8. The number of hydrogen-bond donors (Lipinski definition) is 1. The Hall–Kier alpha value is -1.63. The van der Waals surface area contributed by atoms with E-state index in [1.807, 2.05) is 31.2 Å². The molecule has 3 rings (SSSR count). The van der Waals surface area contributed by atoms with Gasteiger partial charge in [0, 0.05) is 32.9 Å². The minimum Gasteiger partial charge on any atom is -0.463 e. The van der Waals surface area contributed by atoms with Gasteiger partial charge in [-0.15, -0.1) is 0 Å². The van der Waals surface area contributed by atoms with Gasteiger partial charge in [-0.05, 0) is 66.0 Å². The summed E-state index contributed by atoms with van der Waals surface area (Å²) in [7, 11) is 0. The maximum Gasteiger partial charge on any atom is 0.336 e. The van der Waals surface area contributed by atoms with Crippen LogP contribution in [0.5, 0.6) is 0 Å². The quantitative estimate of drug-likeness (QED) is 0.529. The summed E-state index contributed by atoms with van der Waals surface area (Å²) in [6.45, 7) is 8.21. The number of esters is 1. The van der Waals surface area contributed by atoms with Crippen LogP contribution in [0.1, 0.15) is 52.0 Å². The smallest absolute Gasteiger partial charge is 0.336 e. The third-order valence-electron chi connectivity index (χ3n) is 4.94. The van der Waals surface area contributed by atoms with E-state index in [1.54, 1.807) is 6.92 Å². The van der Waals surface area contributed by atoms with Crippen molar-refractivity contribution in [1.82, 2.24) is 5.32 Å². The predicted octanol–water partition coefficient (Wildman–Crippen LogP) is 4.46. The SMILES string of the molecule is CCOC(=O)C1=C(C)NC2=C(C(=O)CC(C)(C)C2)C1c1ccc(I)cc1. The molecule has 0 spiro atoms. The van der Waals surface area contributed by atoms with Crippen LogP contribution in [-0.4, -0.2) is 18.4 Å². The second-order valence-electron chi connectivity index (χ2n) is 7.70. The Bertz CT molecular complexity index is 818. The third-order valence-corrected chi connectivity index (χ3v) is 5.66. The van der Waals surface area contributed by atoms with Crippen molar-refractivity contribution in [2.45, 2.75) is 46.5 Å². The first-order valence-electron chi connectivity index (χ1n) is 8.90. The summed E-state index contributed by atoms with van der Waals surface area (Å²) in [5.74, 6) is -0.613. The summed E-state index contributed by atoms with van der Waals surface area (Å²) < 4.78 is 6.43. The first-order chi connectivity index (χ1) is 12.2. The van der Waals surface area contributed by atoms with Crippen LogP contribution in [0.4, 0.5) is 0 Å². The number of benzene rings is 1. The van der Waals surface area contributed by atoms with Gasteiger partial charge in [-0.2, -0.15) is 0 Å². The first-order valence-corrected chi connectivity index (χ1v) is 9.98. The molecule has 1 heterocycles. The Balaban J connectivity index is 2.17. The lowest BCUT2D eigenvalue weighted by Gasteiger charge is -2.39. The number of ketones is 1. The fourth-order valence-corrected chi connectivity index (χ4v) is 4.26. The van der Waals surface area contributed by atoms with Crippen molar-refractivity contribution in [3.8, 4) is 0 Å². The number of allylic oxidation sites excluding steroid dienone is 3. The van der Waals surface area contributed by atoms with Gasteiger partial charge in [0.1, 0.15) is 0 Å². The normalized spacial score (nSPS) is 22.0. The van der Waals surface area contributed by atoms with Crippen LogP contribution in [-0.2, 0) is 14.3 Å². The number of rotatable bonds is 3. The number of dihydropyridines is 1. The Kier molecular flexibility index (Phi) is 5.28. The topological polar surface area (TPSA) is 55.4 Å². The number of carbonyl (C=O) groups excluding carboxylic acids is 2. The van der Waals surface area contributed by atoms with Gasteiger partial charge in [-0.1, -0.05) is 26.0 Å². The van der Waals surface area contributed by atoms with E-state index in [0.29, 0.717) is 18.6 Å². The molecule has 4 nitrogen and oxygen atoms in total. The van der Waals surface area contributed by atoms with Gasteiger partial charge in [0.15, 0.2) is 5.78 Å². The monoisotopic (exact) mass is 465 g/mol. The average Bonchev–Trinajstić information content (AvgIpc) is 2.53. The highest BCUT2D eigenvalue weighted by Crippen LogP contribution is 2.46. The second kappa shape index (κ2) is 7.18. The molecule has 0 fully saturated rings. The van der Waals surface area contributed by atoms with Crippen LogP contribution in [0.15, 0.2) is 46.8 Å².